The van der Waals surface area contributed by atoms with Gasteiger partial charge in [0.15, 0.2) is 0 Å². The maximum Gasteiger partial charge on any atom is 0.0622 e. The van der Waals surface area contributed by atoms with Gasteiger partial charge in [0, 0.05) is 0 Å². The smallest absolute Gasteiger partial charge is 0.0622 e. The molecule has 0 bridgehead atoms. The Balaban J connectivity index is 2.63. The Morgan fingerprint density at radius 1 is 1.18 bits per heavy atom. The van der Waals surface area contributed by atoms with Crippen LogP contribution in [0.5, 0.6) is 0 Å². The average molecular weight is 156 g/mol. The first-order valence-corrected chi connectivity index (χ1v) is 4.56. The van der Waals surface area contributed by atoms with Crippen molar-refractivity contribution in [1.82, 2.24) is 0 Å². The van der Waals surface area contributed by atoms with Crippen LogP contribution in [0.1, 0.15) is 47.0 Å². The molecule has 2 unspecified atom stereocenters. The molecule has 0 aromatic heterocycles. The predicted molar refractivity (Wildman–Crippen MR) is 47.4 cm³/mol. The van der Waals surface area contributed by atoms with Crippen LogP contribution in [-0.2, 0) is 0 Å². The van der Waals surface area contributed by atoms with E-state index in [1.54, 1.807) is 0 Å². The highest BCUT2D eigenvalue weighted by molar-refractivity contribution is 4.89. The standard InChI is InChI=1S/C10H20O/c1-8-7-10(4,11)6-5-9(8,2)3/h8,11H,5-7H2,1-4H3. The van der Waals surface area contributed by atoms with Crippen LogP contribution in [0.2, 0.25) is 0 Å². The molecule has 2 atom stereocenters. The van der Waals surface area contributed by atoms with E-state index in [0.717, 1.165) is 19.3 Å². The zero-order chi connectivity index (χ0) is 8.70. The van der Waals surface area contributed by atoms with E-state index >= 15 is 0 Å². The van der Waals surface area contributed by atoms with Gasteiger partial charge in [-0.25, -0.2) is 0 Å². The van der Waals surface area contributed by atoms with Crippen molar-refractivity contribution in [2.75, 3.05) is 0 Å². The second-order valence-electron chi connectivity index (χ2n) is 5.09. The highest BCUT2D eigenvalue weighted by atomic mass is 16.3. The predicted octanol–water partition coefficient (Wildman–Crippen LogP) is 2.58. The van der Waals surface area contributed by atoms with Crippen LogP contribution in [0.3, 0.4) is 0 Å². The van der Waals surface area contributed by atoms with Crippen molar-refractivity contribution in [2.24, 2.45) is 11.3 Å². The zero-order valence-corrected chi connectivity index (χ0v) is 8.15. The molecule has 66 valence electrons. The van der Waals surface area contributed by atoms with E-state index in [1.807, 2.05) is 6.92 Å². The molecule has 1 N–H and O–H groups in total. The molecule has 1 saturated carbocycles. The Labute approximate surface area is 69.8 Å². The minimum atomic E-state index is -0.394. The third-order valence-corrected chi connectivity index (χ3v) is 3.39. The molecule has 0 aromatic carbocycles. The molecule has 0 amide bonds. The summed E-state index contributed by atoms with van der Waals surface area (Å²) in [6, 6.07) is 0. The van der Waals surface area contributed by atoms with Gasteiger partial charge in [-0.1, -0.05) is 20.8 Å². The first-order chi connectivity index (χ1) is 4.83. The van der Waals surface area contributed by atoms with E-state index < -0.39 is 5.60 Å². The van der Waals surface area contributed by atoms with Crippen LogP contribution >= 0.6 is 0 Å². The molecule has 0 aromatic rings. The Morgan fingerprint density at radius 2 is 1.73 bits per heavy atom. The summed E-state index contributed by atoms with van der Waals surface area (Å²) in [4.78, 5) is 0. The number of rotatable bonds is 0. The highest BCUT2D eigenvalue weighted by Crippen LogP contribution is 2.44. The number of hydrogen-bond donors (Lipinski definition) is 1. The van der Waals surface area contributed by atoms with Crippen molar-refractivity contribution in [2.45, 2.75) is 52.6 Å². The summed E-state index contributed by atoms with van der Waals surface area (Å²) in [6.07, 6.45) is 3.07. The van der Waals surface area contributed by atoms with Crippen molar-refractivity contribution in [3.63, 3.8) is 0 Å². The van der Waals surface area contributed by atoms with Gasteiger partial charge in [-0.05, 0) is 37.5 Å². The molecule has 1 aliphatic rings. The van der Waals surface area contributed by atoms with E-state index in [4.69, 9.17) is 0 Å². The van der Waals surface area contributed by atoms with Gasteiger partial charge in [0.1, 0.15) is 0 Å². The molecule has 1 heteroatoms. The molecule has 0 spiro atoms. The van der Waals surface area contributed by atoms with E-state index in [9.17, 15) is 5.11 Å². The minimum absolute atomic E-state index is 0.394. The Morgan fingerprint density at radius 3 is 2.09 bits per heavy atom. The van der Waals surface area contributed by atoms with Crippen LogP contribution in [0.25, 0.3) is 0 Å². The normalized spacial score (nSPS) is 43.9. The summed E-state index contributed by atoms with van der Waals surface area (Å²) in [5.41, 5.74) is 0.0389. The maximum atomic E-state index is 9.78. The second-order valence-corrected chi connectivity index (χ2v) is 5.09. The monoisotopic (exact) mass is 156 g/mol. The van der Waals surface area contributed by atoms with Gasteiger partial charge in [-0.2, -0.15) is 0 Å². The van der Waals surface area contributed by atoms with Gasteiger partial charge in [0.2, 0.25) is 0 Å². The van der Waals surface area contributed by atoms with Crippen molar-refractivity contribution >= 4 is 0 Å². The fraction of sp³-hybridized carbons (Fsp3) is 1.00. The van der Waals surface area contributed by atoms with Crippen LogP contribution in [0.15, 0.2) is 0 Å². The lowest BCUT2D eigenvalue weighted by atomic mass is 9.65. The third kappa shape index (κ3) is 1.96. The molecule has 1 rings (SSSR count). The Kier molecular flexibility index (Phi) is 2.04. The number of hydrogen-bond acceptors (Lipinski definition) is 1. The van der Waals surface area contributed by atoms with Gasteiger partial charge < -0.3 is 5.11 Å². The van der Waals surface area contributed by atoms with Crippen LogP contribution < -0.4 is 0 Å². The van der Waals surface area contributed by atoms with Gasteiger partial charge in [-0.3, -0.25) is 0 Å². The van der Waals surface area contributed by atoms with Gasteiger partial charge >= 0.3 is 0 Å². The fourth-order valence-electron chi connectivity index (χ4n) is 1.88. The molecule has 0 radical (unpaired) electrons. The van der Waals surface area contributed by atoms with E-state index in [-0.39, 0.29) is 0 Å². The third-order valence-electron chi connectivity index (χ3n) is 3.39. The van der Waals surface area contributed by atoms with E-state index in [2.05, 4.69) is 20.8 Å². The molecule has 0 heterocycles. The summed E-state index contributed by atoms with van der Waals surface area (Å²) in [5, 5.41) is 9.78. The van der Waals surface area contributed by atoms with E-state index in [1.165, 1.54) is 0 Å². The van der Waals surface area contributed by atoms with Crippen molar-refractivity contribution in [3.05, 3.63) is 0 Å². The van der Waals surface area contributed by atoms with Crippen LogP contribution in [0.4, 0.5) is 0 Å². The quantitative estimate of drug-likeness (QED) is 0.571. The van der Waals surface area contributed by atoms with Crippen molar-refractivity contribution < 1.29 is 5.11 Å². The van der Waals surface area contributed by atoms with Crippen LogP contribution in [0, 0.1) is 11.3 Å². The maximum absolute atomic E-state index is 9.78. The van der Waals surface area contributed by atoms with Gasteiger partial charge in [0.25, 0.3) is 0 Å². The Bertz CT molecular complexity index is 147. The lowest BCUT2D eigenvalue weighted by Crippen LogP contribution is -2.39. The first-order valence-electron chi connectivity index (χ1n) is 4.56. The van der Waals surface area contributed by atoms with Gasteiger partial charge in [-0.15, -0.1) is 0 Å². The first kappa shape index (κ1) is 9.05. The van der Waals surface area contributed by atoms with Crippen LogP contribution in [-0.4, -0.2) is 10.7 Å². The highest BCUT2D eigenvalue weighted by Gasteiger charge is 2.38. The summed E-state index contributed by atoms with van der Waals surface area (Å²) in [6.45, 7) is 8.80. The topological polar surface area (TPSA) is 20.2 Å². The molecule has 0 saturated heterocycles. The van der Waals surface area contributed by atoms with Gasteiger partial charge in [0.05, 0.1) is 5.60 Å². The largest absolute Gasteiger partial charge is 0.390 e. The summed E-state index contributed by atoms with van der Waals surface area (Å²) >= 11 is 0. The Hall–Kier alpha value is -0.0400. The summed E-state index contributed by atoms with van der Waals surface area (Å²) in [7, 11) is 0. The van der Waals surface area contributed by atoms with Crippen molar-refractivity contribution in [3.8, 4) is 0 Å². The molecular weight excluding hydrogens is 136 g/mol. The minimum Gasteiger partial charge on any atom is -0.390 e. The lowest BCUT2D eigenvalue weighted by Gasteiger charge is -2.43. The molecule has 11 heavy (non-hydrogen) atoms. The second kappa shape index (κ2) is 2.48. The fourth-order valence-corrected chi connectivity index (χ4v) is 1.88. The SMILES string of the molecule is CC1CC(C)(O)CCC1(C)C. The van der Waals surface area contributed by atoms with Crippen molar-refractivity contribution in [1.29, 1.82) is 0 Å². The number of aliphatic hydroxyl groups is 1. The zero-order valence-electron chi connectivity index (χ0n) is 8.15. The molecule has 1 aliphatic carbocycles. The molecule has 1 fully saturated rings. The summed E-state index contributed by atoms with van der Waals surface area (Å²) in [5.74, 6) is 0.645. The molecular formula is C10H20O. The molecule has 1 nitrogen and oxygen atoms in total. The van der Waals surface area contributed by atoms with E-state index in [0.29, 0.717) is 11.3 Å². The average Bonchev–Trinajstić information content (AvgIpc) is 1.81. The molecule has 0 aliphatic heterocycles. The lowest BCUT2D eigenvalue weighted by molar-refractivity contribution is -0.0399. The summed E-state index contributed by atoms with van der Waals surface area (Å²) < 4.78 is 0.